The molecule has 13 nitrogen and oxygen atoms in total. The van der Waals surface area contributed by atoms with E-state index in [2.05, 4.69) is 52.0 Å². The summed E-state index contributed by atoms with van der Waals surface area (Å²) in [5.74, 6) is 0.0384. The molecule has 0 fully saturated rings. The summed E-state index contributed by atoms with van der Waals surface area (Å²) in [6, 6.07) is 9.81. The monoisotopic (exact) mass is 629 g/mol. The Bertz CT molecular complexity index is 1520. The molecule has 0 radical (unpaired) electrons. The fourth-order valence-corrected chi connectivity index (χ4v) is 4.41. The summed E-state index contributed by atoms with van der Waals surface area (Å²) in [4.78, 5) is 15.2. The highest BCUT2D eigenvalue weighted by molar-refractivity contribution is 9.10. The minimum Gasteiger partial charge on any atom is -0.490 e. The second kappa shape index (κ2) is 13.8. The van der Waals surface area contributed by atoms with Crippen LogP contribution in [0, 0.1) is 5.82 Å². The molecule has 1 amide bonds. The lowest BCUT2D eigenvalue weighted by Gasteiger charge is -2.18. The lowest BCUT2D eigenvalue weighted by atomic mass is 10.2. The van der Waals surface area contributed by atoms with Gasteiger partial charge in [0.15, 0.2) is 17.2 Å². The van der Waals surface area contributed by atoms with Crippen molar-refractivity contribution in [1.82, 2.24) is 35.6 Å². The third-order valence-electron chi connectivity index (χ3n) is 5.98. The lowest BCUT2D eigenvalue weighted by molar-refractivity contribution is 0.0948. The molecule has 2 heterocycles. The van der Waals surface area contributed by atoms with Gasteiger partial charge in [0.05, 0.1) is 23.0 Å². The normalized spacial score (nSPS) is 11.4. The molecule has 3 N–H and O–H groups in total. The number of hydrogen-bond acceptors (Lipinski definition) is 11. The number of carbonyl (C=O) groups is 1. The van der Waals surface area contributed by atoms with Gasteiger partial charge in [-0.15, -0.1) is 5.10 Å². The predicted octanol–water partition coefficient (Wildman–Crippen LogP) is 3.72. The number of carbonyl (C=O) groups excluding carboxylic acids is 1. The molecule has 41 heavy (non-hydrogen) atoms. The first-order chi connectivity index (χ1) is 19.9. The molecular weight excluding hydrogens is 601 g/mol. The number of hydrazone groups is 1. The largest absolute Gasteiger partial charge is 0.490 e. The van der Waals surface area contributed by atoms with Crippen LogP contribution in [-0.2, 0) is 13.2 Å². The number of nitrogen functional groups attached to an aromatic ring is 1. The maximum atomic E-state index is 14.0. The van der Waals surface area contributed by atoms with Crippen LogP contribution in [0.25, 0.3) is 5.82 Å². The van der Waals surface area contributed by atoms with E-state index in [1.54, 1.807) is 30.3 Å². The van der Waals surface area contributed by atoms with E-state index in [0.717, 1.165) is 13.1 Å². The molecule has 0 atom stereocenters. The molecule has 0 saturated carbocycles. The van der Waals surface area contributed by atoms with Gasteiger partial charge in [0.2, 0.25) is 11.6 Å². The van der Waals surface area contributed by atoms with Gasteiger partial charge in [0.1, 0.15) is 12.4 Å². The summed E-state index contributed by atoms with van der Waals surface area (Å²) < 4.78 is 32.2. The Morgan fingerprint density at radius 3 is 2.68 bits per heavy atom. The van der Waals surface area contributed by atoms with E-state index in [1.807, 2.05) is 20.8 Å². The van der Waals surface area contributed by atoms with E-state index >= 15 is 0 Å². The number of rotatable bonds is 13. The third kappa shape index (κ3) is 7.05. The van der Waals surface area contributed by atoms with Crippen LogP contribution in [0.3, 0.4) is 0 Å². The number of aromatic nitrogens is 5. The molecule has 216 valence electrons. The fraction of sp³-hybridized carbons (Fsp3) is 0.308. The van der Waals surface area contributed by atoms with Gasteiger partial charge in [-0.3, -0.25) is 9.69 Å². The average molecular weight is 630 g/mol. The molecule has 4 aromatic rings. The van der Waals surface area contributed by atoms with Crippen molar-refractivity contribution in [3.8, 4) is 17.3 Å². The number of ether oxygens (including phenoxy) is 2. The molecule has 4 rings (SSSR count). The molecule has 2 aromatic carbocycles. The van der Waals surface area contributed by atoms with E-state index in [0.29, 0.717) is 45.9 Å². The molecule has 0 aliphatic heterocycles. The smallest absolute Gasteiger partial charge is 0.293 e. The number of nitrogens with zero attached hydrogens (tertiary/aromatic N) is 7. The summed E-state index contributed by atoms with van der Waals surface area (Å²) in [5.41, 5.74) is 9.84. The standard InChI is InChI=1S/C26H29BrFN9O4/c1-4-36(5-2)14-20-22(31-35-37(20)25-24(29)33-41-34-25)26(38)32-30-13-16-11-18(27)23(21(12-16)39-6-3)40-15-17-9-7-8-10-19(17)28/h7-13H,4-6,14-15H2,1-3H3,(H2,29,33)(H,32,38)/b30-13-. The Hall–Kier alpha value is -4.37. The minimum atomic E-state index is -0.585. The number of nitrogens with two attached hydrogens (primary N) is 1. The van der Waals surface area contributed by atoms with Crippen molar-refractivity contribution < 1.29 is 23.3 Å². The Labute approximate surface area is 243 Å². The number of benzene rings is 2. The van der Waals surface area contributed by atoms with E-state index in [4.69, 9.17) is 19.8 Å². The van der Waals surface area contributed by atoms with Crippen molar-refractivity contribution in [2.75, 3.05) is 25.4 Å². The summed E-state index contributed by atoms with van der Waals surface area (Å²) in [6.45, 7) is 8.02. The zero-order valence-electron chi connectivity index (χ0n) is 22.7. The van der Waals surface area contributed by atoms with Gasteiger partial charge in [0.25, 0.3) is 5.91 Å². The molecule has 0 unspecified atom stereocenters. The molecule has 15 heteroatoms. The van der Waals surface area contributed by atoms with Crippen LogP contribution in [0.15, 0.2) is 50.6 Å². The predicted molar refractivity (Wildman–Crippen MR) is 151 cm³/mol. The van der Waals surface area contributed by atoms with E-state index in [9.17, 15) is 9.18 Å². The van der Waals surface area contributed by atoms with Gasteiger partial charge in [0, 0.05) is 12.1 Å². The maximum Gasteiger partial charge on any atom is 0.293 e. The average Bonchev–Trinajstić information content (AvgIpc) is 3.57. The van der Waals surface area contributed by atoms with Gasteiger partial charge in [-0.1, -0.05) is 37.3 Å². The second-order valence-electron chi connectivity index (χ2n) is 8.57. The highest BCUT2D eigenvalue weighted by Gasteiger charge is 2.25. The minimum absolute atomic E-state index is 0.0117. The summed E-state index contributed by atoms with van der Waals surface area (Å²) >= 11 is 3.49. The molecule has 0 spiro atoms. The molecule has 2 aromatic heterocycles. The maximum absolute atomic E-state index is 14.0. The van der Waals surface area contributed by atoms with Crippen molar-refractivity contribution in [3.63, 3.8) is 0 Å². The van der Waals surface area contributed by atoms with Crippen molar-refractivity contribution in [1.29, 1.82) is 0 Å². The molecule has 0 bridgehead atoms. The van der Waals surface area contributed by atoms with E-state index < -0.39 is 5.91 Å². The van der Waals surface area contributed by atoms with Gasteiger partial charge in [-0.2, -0.15) is 9.78 Å². The Morgan fingerprint density at radius 1 is 1.22 bits per heavy atom. The molecule has 0 aliphatic carbocycles. The van der Waals surface area contributed by atoms with E-state index in [-0.39, 0.29) is 29.8 Å². The quantitative estimate of drug-likeness (QED) is 0.165. The molecular formula is C26H29BrFN9O4. The molecule has 0 saturated heterocycles. The number of anilines is 1. The lowest BCUT2D eigenvalue weighted by Crippen LogP contribution is -2.27. The van der Waals surface area contributed by atoms with Crippen LogP contribution in [0.4, 0.5) is 10.2 Å². The fourth-order valence-electron chi connectivity index (χ4n) is 3.84. The number of halogens is 2. The first-order valence-electron chi connectivity index (χ1n) is 12.8. The van der Waals surface area contributed by atoms with Crippen LogP contribution in [-0.4, -0.2) is 62.0 Å². The van der Waals surface area contributed by atoms with Crippen molar-refractivity contribution in [2.24, 2.45) is 5.10 Å². The van der Waals surface area contributed by atoms with Crippen LogP contribution in [0.5, 0.6) is 11.5 Å². The van der Waals surface area contributed by atoms with Crippen LogP contribution >= 0.6 is 15.9 Å². The summed E-state index contributed by atoms with van der Waals surface area (Å²) in [5, 5.41) is 19.5. The topological polar surface area (TPSA) is 159 Å². The zero-order valence-corrected chi connectivity index (χ0v) is 24.3. The van der Waals surface area contributed by atoms with E-state index in [1.165, 1.54) is 17.0 Å². The first kappa shape index (κ1) is 29.6. The Morgan fingerprint density at radius 2 is 2.00 bits per heavy atom. The molecule has 0 aliphatic rings. The van der Waals surface area contributed by atoms with Crippen molar-refractivity contribution in [3.05, 3.63) is 69.2 Å². The van der Waals surface area contributed by atoms with Gasteiger partial charge >= 0.3 is 0 Å². The Kier molecular flexibility index (Phi) is 9.97. The van der Waals surface area contributed by atoms with Gasteiger partial charge in [-0.05, 0) is 70.0 Å². The zero-order chi connectivity index (χ0) is 29.4. The summed E-state index contributed by atoms with van der Waals surface area (Å²) in [6.07, 6.45) is 1.44. The van der Waals surface area contributed by atoms with Crippen LogP contribution < -0.4 is 20.6 Å². The Balaban J connectivity index is 1.53. The highest BCUT2D eigenvalue weighted by Crippen LogP contribution is 2.37. The second-order valence-corrected chi connectivity index (χ2v) is 9.43. The summed E-state index contributed by atoms with van der Waals surface area (Å²) in [7, 11) is 0. The van der Waals surface area contributed by atoms with Crippen molar-refractivity contribution in [2.45, 2.75) is 33.9 Å². The van der Waals surface area contributed by atoms with Crippen molar-refractivity contribution >= 4 is 33.9 Å². The highest BCUT2D eigenvalue weighted by atomic mass is 79.9. The van der Waals surface area contributed by atoms with Crippen LogP contribution in [0.2, 0.25) is 0 Å². The number of amides is 1. The van der Waals surface area contributed by atoms with Crippen LogP contribution in [0.1, 0.15) is 48.1 Å². The van der Waals surface area contributed by atoms with Gasteiger partial charge in [-0.25, -0.2) is 14.4 Å². The first-order valence-corrected chi connectivity index (χ1v) is 13.6. The SMILES string of the molecule is CCOc1cc(/C=N\NC(=O)c2nnn(-c3nonc3N)c2CN(CC)CC)cc(Br)c1OCc1ccccc1F. The number of hydrogen-bond donors (Lipinski definition) is 2. The third-order valence-corrected chi connectivity index (χ3v) is 6.57. The van der Waals surface area contributed by atoms with Gasteiger partial charge < -0.3 is 15.2 Å². The number of nitrogens with one attached hydrogen (secondary N) is 1.